The molecule has 0 saturated carbocycles. The van der Waals surface area contributed by atoms with Crippen molar-refractivity contribution < 1.29 is 14.3 Å². The van der Waals surface area contributed by atoms with Crippen LogP contribution in [0.5, 0.6) is 5.75 Å². The standard InChI is InChI=1S/C15H23NO3/c1-15(2,3)19-14(17)12(10-16)9-11-7-5-6-8-13(11)18-4/h5-8,12H,9-10,16H2,1-4H3. The van der Waals surface area contributed by atoms with Crippen molar-refractivity contribution in [2.24, 2.45) is 11.7 Å². The number of rotatable bonds is 5. The van der Waals surface area contributed by atoms with Crippen molar-refractivity contribution in [2.45, 2.75) is 32.8 Å². The maximum atomic E-state index is 12.1. The van der Waals surface area contributed by atoms with Gasteiger partial charge in [0, 0.05) is 6.54 Å². The first kappa shape index (κ1) is 15.5. The molecule has 4 heteroatoms. The number of para-hydroxylation sites is 1. The molecule has 2 N–H and O–H groups in total. The van der Waals surface area contributed by atoms with Crippen LogP contribution in [0.4, 0.5) is 0 Å². The Kier molecular flexibility index (Phi) is 5.36. The molecule has 0 aromatic heterocycles. The van der Waals surface area contributed by atoms with Crippen LogP contribution in [-0.2, 0) is 16.0 Å². The quantitative estimate of drug-likeness (QED) is 0.829. The van der Waals surface area contributed by atoms with E-state index < -0.39 is 5.60 Å². The van der Waals surface area contributed by atoms with E-state index in [9.17, 15) is 4.79 Å². The predicted octanol–water partition coefficient (Wildman–Crippen LogP) is 2.15. The first-order valence-electron chi connectivity index (χ1n) is 6.42. The molecule has 106 valence electrons. The van der Waals surface area contributed by atoms with Crippen LogP contribution in [0.15, 0.2) is 24.3 Å². The molecule has 0 radical (unpaired) electrons. The molecule has 1 aromatic rings. The van der Waals surface area contributed by atoms with Crippen molar-refractivity contribution in [3.63, 3.8) is 0 Å². The van der Waals surface area contributed by atoms with Crippen LogP contribution in [0.25, 0.3) is 0 Å². The fourth-order valence-corrected chi connectivity index (χ4v) is 1.79. The fourth-order valence-electron chi connectivity index (χ4n) is 1.79. The monoisotopic (exact) mass is 265 g/mol. The summed E-state index contributed by atoms with van der Waals surface area (Å²) < 4.78 is 10.7. The Balaban J connectivity index is 2.79. The lowest BCUT2D eigenvalue weighted by molar-refractivity contribution is -0.159. The number of hydrogen-bond donors (Lipinski definition) is 1. The minimum Gasteiger partial charge on any atom is -0.496 e. The third-order valence-electron chi connectivity index (χ3n) is 2.68. The smallest absolute Gasteiger partial charge is 0.311 e. The first-order valence-corrected chi connectivity index (χ1v) is 6.42. The van der Waals surface area contributed by atoms with Gasteiger partial charge in [0.15, 0.2) is 0 Å². The maximum absolute atomic E-state index is 12.1. The van der Waals surface area contributed by atoms with E-state index >= 15 is 0 Å². The number of benzene rings is 1. The van der Waals surface area contributed by atoms with Gasteiger partial charge in [-0.25, -0.2) is 0 Å². The summed E-state index contributed by atoms with van der Waals surface area (Å²) >= 11 is 0. The molecule has 1 atom stereocenters. The van der Waals surface area contributed by atoms with Gasteiger partial charge < -0.3 is 15.2 Å². The van der Waals surface area contributed by atoms with Crippen LogP contribution >= 0.6 is 0 Å². The molecule has 0 bridgehead atoms. The molecule has 4 nitrogen and oxygen atoms in total. The lowest BCUT2D eigenvalue weighted by atomic mass is 9.98. The van der Waals surface area contributed by atoms with Gasteiger partial charge in [0.2, 0.25) is 0 Å². The molecule has 0 heterocycles. The number of methoxy groups -OCH3 is 1. The molecule has 1 aromatic carbocycles. The molecular weight excluding hydrogens is 242 g/mol. The highest BCUT2D eigenvalue weighted by molar-refractivity contribution is 5.73. The third kappa shape index (κ3) is 4.91. The molecule has 0 amide bonds. The van der Waals surface area contributed by atoms with E-state index in [0.717, 1.165) is 11.3 Å². The molecule has 0 aliphatic carbocycles. The van der Waals surface area contributed by atoms with E-state index in [1.165, 1.54) is 0 Å². The SMILES string of the molecule is COc1ccccc1CC(CN)C(=O)OC(C)(C)C. The van der Waals surface area contributed by atoms with E-state index in [2.05, 4.69) is 0 Å². The summed E-state index contributed by atoms with van der Waals surface area (Å²) in [5.41, 5.74) is 6.16. The molecule has 0 aliphatic rings. The van der Waals surface area contributed by atoms with Gasteiger partial charge in [0.1, 0.15) is 11.4 Å². The predicted molar refractivity (Wildman–Crippen MR) is 75.1 cm³/mol. The number of hydrogen-bond acceptors (Lipinski definition) is 4. The Morgan fingerprint density at radius 1 is 1.32 bits per heavy atom. The number of carbonyl (C=O) groups excluding carboxylic acids is 1. The van der Waals surface area contributed by atoms with Crippen molar-refractivity contribution in [3.05, 3.63) is 29.8 Å². The van der Waals surface area contributed by atoms with Gasteiger partial charge in [-0.15, -0.1) is 0 Å². The Morgan fingerprint density at radius 3 is 2.47 bits per heavy atom. The van der Waals surface area contributed by atoms with E-state index in [4.69, 9.17) is 15.2 Å². The Hall–Kier alpha value is -1.55. The fraction of sp³-hybridized carbons (Fsp3) is 0.533. The largest absolute Gasteiger partial charge is 0.496 e. The molecule has 1 unspecified atom stereocenters. The van der Waals surface area contributed by atoms with Gasteiger partial charge in [-0.2, -0.15) is 0 Å². The van der Waals surface area contributed by atoms with E-state index in [1.807, 2.05) is 45.0 Å². The lowest BCUT2D eigenvalue weighted by Gasteiger charge is -2.23. The number of nitrogens with two attached hydrogens (primary N) is 1. The number of ether oxygens (including phenoxy) is 2. The van der Waals surface area contributed by atoms with Crippen LogP contribution in [0.3, 0.4) is 0 Å². The summed E-state index contributed by atoms with van der Waals surface area (Å²) in [6.07, 6.45) is 0.523. The third-order valence-corrected chi connectivity index (χ3v) is 2.68. The zero-order valence-corrected chi connectivity index (χ0v) is 12.1. The van der Waals surface area contributed by atoms with Gasteiger partial charge in [0.25, 0.3) is 0 Å². The van der Waals surface area contributed by atoms with Crippen LogP contribution in [0.1, 0.15) is 26.3 Å². The average molecular weight is 265 g/mol. The number of carbonyl (C=O) groups is 1. The maximum Gasteiger partial charge on any atom is 0.311 e. The zero-order chi connectivity index (χ0) is 14.5. The highest BCUT2D eigenvalue weighted by Gasteiger charge is 2.25. The van der Waals surface area contributed by atoms with Crippen molar-refractivity contribution >= 4 is 5.97 Å². The normalized spacial score (nSPS) is 12.9. The van der Waals surface area contributed by atoms with Crippen LogP contribution in [0, 0.1) is 5.92 Å². The summed E-state index contributed by atoms with van der Waals surface area (Å²) in [7, 11) is 1.61. The second-order valence-electron chi connectivity index (χ2n) is 5.48. The Labute approximate surface area is 114 Å². The van der Waals surface area contributed by atoms with Gasteiger partial charge in [0.05, 0.1) is 13.0 Å². The summed E-state index contributed by atoms with van der Waals surface area (Å²) in [6, 6.07) is 7.62. The summed E-state index contributed by atoms with van der Waals surface area (Å²) in [5.74, 6) is 0.154. The van der Waals surface area contributed by atoms with E-state index in [0.29, 0.717) is 6.42 Å². The zero-order valence-electron chi connectivity index (χ0n) is 12.1. The summed E-state index contributed by atoms with van der Waals surface area (Å²) in [5, 5.41) is 0. The minimum absolute atomic E-state index is 0.257. The lowest BCUT2D eigenvalue weighted by Crippen LogP contribution is -2.33. The van der Waals surface area contributed by atoms with Crippen LogP contribution in [0.2, 0.25) is 0 Å². The van der Waals surface area contributed by atoms with E-state index in [1.54, 1.807) is 7.11 Å². The van der Waals surface area contributed by atoms with Crippen molar-refractivity contribution in [2.75, 3.05) is 13.7 Å². The van der Waals surface area contributed by atoms with E-state index in [-0.39, 0.29) is 18.4 Å². The number of esters is 1. The second-order valence-corrected chi connectivity index (χ2v) is 5.48. The molecule has 1 rings (SSSR count). The average Bonchev–Trinajstić information content (AvgIpc) is 2.34. The molecule has 0 aliphatic heterocycles. The Bertz CT molecular complexity index is 424. The highest BCUT2D eigenvalue weighted by atomic mass is 16.6. The second kappa shape index (κ2) is 6.57. The van der Waals surface area contributed by atoms with Gasteiger partial charge in [-0.3, -0.25) is 4.79 Å². The van der Waals surface area contributed by atoms with Crippen molar-refractivity contribution in [3.8, 4) is 5.75 Å². The molecule has 19 heavy (non-hydrogen) atoms. The summed E-state index contributed by atoms with van der Waals surface area (Å²) in [4.78, 5) is 12.1. The van der Waals surface area contributed by atoms with Crippen molar-refractivity contribution in [1.29, 1.82) is 0 Å². The van der Waals surface area contributed by atoms with Gasteiger partial charge >= 0.3 is 5.97 Å². The minimum atomic E-state index is -0.495. The van der Waals surface area contributed by atoms with Crippen LogP contribution < -0.4 is 10.5 Å². The molecule has 0 saturated heterocycles. The first-order chi connectivity index (χ1) is 8.87. The molecular formula is C15H23NO3. The van der Waals surface area contributed by atoms with Gasteiger partial charge in [-0.05, 0) is 38.8 Å². The molecule has 0 spiro atoms. The molecule has 0 fully saturated rings. The summed E-state index contributed by atoms with van der Waals surface area (Å²) in [6.45, 7) is 5.80. The topological polar surface area (TPSA) is 61.5 Å². The van der Waals surface area contributed by atoms with Crippen molar-refractivity contribution in [1.82, 2.24) is 0 Å². The Morgan fingerprint density at radius 2 is 1.95 bits per heavy atom. The highest BCUT2D eigenvalue weighted by Crippen LogP contribution is 2.22. The van der Waals surface area contributed by atoms with Crippen LogP contribution in [-0.4, -0.2) is 25.2 Å². The van der Waals surface area contributed by atoms with Gasteiger partial charge in [-0.1, -0.05) is 18.2 Å².